The zero-order valence-corrected chi connectivity index (χ0v) is 24.8. The molecule has 212 valence electrons. The standard InChI is InChI=1S/C33H36N4O3S/c1-24-31(41-25(2)35-24)17-18-32(38)37(23-27-13-15-28(16-14-27)29-12-8-9-19-34-29)30(22-26-10-6-5-7-11-26)33(39)36(3)20-21-40-4/h5-19,30H,20-23H2,1-4H3. The summed E-state index contributed by atoms with van der Waals surface area (Å²) in [6, 6.07) is 22.9. The van der Waals surface area contributed by atoms with Gasteiger partial charge in [0.15, 0.2) is 0 Å². The highest BCUT2D eigenvalue weighted by molar-refractivity contribution is 7.12. The number of benzene rings is 2. The highest BCUT2D eigenvalue weighted by Gasteiger charge is 2.31. The maximum absolute atomic E-state index is 13.9. The number of thiazole rings is 1. The van der Waals surface area contributed by atoms with Gasteiger partial charge in [-0.15, -0.1) is 11.3 Å². The van der Waals surface area contributed by atoms with Gasteiger partial charge in [-0.05, 0) is 43.2 Å². The highest BCUT2D eigenvalue weighted by Crippen LogP contribution is 2.22. The van der Waals surface area contributed by atoms with E-state index in [0.717, 1.165) is 38.0 Å². The maximum atomic E-state index is 13.9. The minimum atomic E-state index is -0.712. The van der Waals surface area contributed by atoms with Crippen molar-refractivity contribution in [2.24, 2.45) is 0 Å². The first kappa shape index (κ1) is 29.8. The number of carbonyl (C=O) groups excluding carboxylic acids is 2. The number of aryl methyl sites for hydroxylation is 2. The molecular weight excluding hydrogens is 532 g/mol. The molecule has 0 spiro atoms. The molecule has 0 aliphatic heterocycles. The molecule has 0 fully saturated rings. The zero-order chi connectivity index (χ0) is 29.2. The summed E-state index contributed by atoms with van der Waals surface area (Å²) in [5.74, 6) is -0.374. The number of carbonyl (C=O) groups is 2. The fraction of sp³-hybridized carbons (Fsp3) is 0.273. The van der Waals surface area contributed by atoms with Crippen LogP contribution in [0, 0.1) is 13.8 Å². The fourth-order valence-electron chi connectivity index (χ4n) is 4.56. The lowest BCUT2D eigenvalue weighted by Crippen LogP contribution is -2.51. The lowest BCUT2D eigenvalue weighted by atomic mass is 10.0. The smallest absolute Gasteiger partial charge is 0.247 e. The Hall–Kier alpha value is -4.14. The average molecular weight is 569 g/mol. The Morgan fingerprint density at radius 3 is 2.34 bits per heavy atom. The molecule has 2 aromatic heterocycles. The molecule has 1 atom stereocenters. The van der Waals surface area contributed by atoms with E-state index in [2.05, 4.69) is 9.97 Å². The molecule has 0 bridgehead atoms. The first-order valence-electron chi connectivity index (χ1n) is 13.6. The van der Waals surface area contributed by atoms with Gasteiger partial charge in [0, 0.05) is 51.5 Å². The van der Waals surface area contributed by atoms with E-state index in [-0.39, 0.29) is 18.4 Å². The molecule has 0 aliphatic carbocycles. The summed E-state index contributed by atoms with van der Waals surface area (Å²) < 4.78 is 5.22. The summed E-state index contributed by atoms with van der Waals surface area (Å²) in [6.07, 6.45) is 5.52. The molecule has 2 aromatic carbocycles. The molecule has 1 unspecified atom stereocenters. The van der Waals surface area contributed by atoms with E-state index in [0.29, 0.717) is 19.6 Å². The van der Waals surface area contributed by atoms with Crippen LogP contribution in [0.5, 0.6) is 0 Å². The first-order valence-corrected chi connectivity index (χ1v) is 14.4. The Labute approximate surface area is 246 Å². The van der Waals surface area contributed by atoms with Crippen LogP contribution < -0.4 is 0 Å². The summed E-state index contributed by atoms with van der Waals surface area (Å²) in [5, 5.41) is 0.941. The Bertz CT molecular complexity index is 1450. The number of ether oxygens (including phenoxy) is 1. The van der Waals surface area contributed by atoms with Crippen molar-refractivity contribution in [3.8, 4) is 11.3 Å². The number of pyridine rings is 1. The van der Waals surface area contributed by atoms with Crippen LogP contribution in [0.25, 0.3) is 17.3 Å². The summed E-state index contributed by atoms with van der Waals surface area (Å²) in [7, 11) is 3.36. The lowest BCUT2D eigenvalue weighted by molar-refractivity contribution is -0.143. The Balaban J connectivity index is 1.69. The molecule has 0 aliphatic rings. The van der Waals surface area contributed by atoms with Crippen LogP contribution in [0.2, 0.25) is 0 Å². The van der Waals surface area contributed by atoms with Crippen LogP contribution in [-0.2, 0) is 27.3 Å². The Morgan fingerprint density at radius 2 is 1.71 bits per heavy atom. The van der Waals surface area contributed by atoms with Crippen molar-refractivity contribution in [3.63, 3.8) is 0 Å². The Kier molecular flexibility index (Phi) is 10.5. The molecule has 8 heteroatoms. The number of rotatable bonds is 12. The van der Waals surface area contributed by atoms with Crippen molar-refractivity contribution in [2.75, 3.05) is 27.3 Å². The second kappa shape index (κ2) is 14.5. The predicted octanol–water partition coefficient (Wildman–Crippen LogP) is 5.58. The normalized spacial score (nSPS) is 11.9. The van der Waals surface area contributed by atoms with Crippen molar-refractivity contribution in [3.05, 3.63) is 112 Å². The van der Waals surface area contributed by atoms with Gasteiger partial charge in [0.1, 0.15) is 6.04 Å². The van der Waals surface area contributed by atoms with Crippen LogP contribution in [-0.4, -0.2) is 64.9 Å². The lowest BCUT2D eigenvalue weighted by Gasteiger charge is -2.33. The molecule has 0 N–H and O–H groups in total. The summed E-state index contributed by atoms with van der Waals surface area (Å²) in [6.45, 7) is 4.99. The number of hydrogen-bond donors (Lipinski definition) is 0. The topological polar surface area (TPSA) is 75.6 Å². The number of amides is 2. The van der Waals surface area contributed by atoms with Crippen LogP contribution in [0.15, 0.2) is 85.1 Å². The van der Waals surface area contributed by atoms with Crippen molar-refractivity contribution in [1.82, 2.24) is 19.8 Å². The molecule has 0 saturated heterocycles. The summed E-state index contributed by atoms with van der Waals surface area (Å²) in [4.78, 5) is 41.0. The SMILES string of the molecule is COCCN(C)C(=O)C(Cc1ccccc1)N(Cc1ccc(-c2ccccn2)cc1)C(=O)C=Cc1sc(C)nc1C. The van der Waals surface area contributed by atoms with E-state index < -0.39 is 6.04 Å². The van der Waals surface area contributed by atoms with Crippen molar-refractivity contribution in [2.45, 2.75) is 32.9 Å². The minimum Gasteiger partial charge on any atom is -0.383 e. The highest BCUT2D eigenvalue weighted by atomic mass is 32.1. The van der Waals surface area contributed by atoms with Gasteiger partial charge in [-0.3, -0.25) is 14.6 Å². The number of aromatic nitrogens is 2. The monoisotopic (exact) mass is 568 g/mol. The third kappa shape index (κ3) is 8.19. The van der Waals surface area contributed by atoms with Gasteiger partial charge in [0.05, 0.1) is 27.9 Å². The molecule has 2 heterocycles. The van der Waals surface area contributed by atoms with Gasteiger partial charge in [-0.1, -0.05) is 60.7 Å². The molecule has 2 amide bonds. The molecule has 4 rings (SSSR count). The predicted molar refractivity (Wildman–Crippen MR) is 164 cm³/mol. The zero-order valence-electron chi connectivity index (χ0n) is 24.0. The largest absolute Gasteiger partial charge is 0.383 e. The van der Waals surface area contributed by atoms with Crippen LogP contribution in [0.3, 0.4) is 0 Å². The average Bonchev–Trinajstić information content (AvgIpc) is 3.33. The maximum Gasteiger partial charge on any atom is 0.247 e. The van der Waals surface area contributed by atoms with E-state index >= 15 is 0 Å². The fourth-order valence-corrected chi connectivity index (χ4v) is 5.39. The minimum absolute atomic E-state index is 0.137. The van der Waals surface area contributed by atoms with Crippen LogP contribution in [0.4, 0.5) is 0 Å². The number of methoxy groups -OCH3 is 1. The molecule has 7 nitrogen and oxygen atoms in total. The van der Waals surface area contributed by atoms with E-state index in [1.807, 2.05) is 86.6 Å². The van der Waals surface area contributed by atoms with Gasteiger partial charge in [-0.2, -0.15) is 0 Å². The third-order valence-corrected chi connectivity index (χ3v) is 7.85. The molecule has 0 saturated carbocycles. The second-order valence-corrected chi connectivity index (χ2v) is 11.1. The quantitative estimate of drug-likeness (QED) is 0.209. The van der Waals surface area contributed by atoms with Crippen LogP contribution >= 0.6 is 11.3 Å². The molecule has 4 aromatic rings. The van der Waals surface area contributed by atoms with E-state index in [1.165, 1.54) is 11.3 Å². The summed E-state index contributed by atoms with van der Waals surface area (Å²) in [5.41, 5.74) is 4.64. The van der Waals surface area contributed by atoms with Crippen molar-refractivity contribution < 1.29 is 14.3 Å². The van der Waals surface area contributed by atoms with Gasteiger partial charge in [0.2, 0.25) is 11.8 Å². The second-order valence-electron chi connectivity index (χ2n) is 9.85. The van der Waals surface area contributed by atoms with E-state index in [9.17, 15) is 9.59 Å². The number of likely N-dealkylation sites (N-methyl/N-ethyl adjacent to an activating group) is 1. The number of hydrogen-bond acceptors (Lipinski definition) is 6. The number of nitrogens with zero attached hydrogens (tertiary/aromatic N) is 4. The van der Waals surface area contributed by atoms with Crippen molar-refractivity contribution >= 4 is 29.2 Å². The summed E-state index contributed by atoms with van der Waals surface area (Å²) >= 11 is 1.54. The molecular formula is C33H36N4O3S. The Morgan fingerprint density at radius 1 is 0.976 bits per heavy atom. The van der Waals surface area contributed by atoms with Gasteiger partial charge < -0.3 is 14.5 Å². The van der Waals surface area contributed by atoms with Gasteiger partial charge in [-0.25, -0.2) is 4.98 Å². The third-order valence-electron chi connectivity index (χ3n) is 6.81. The van der Waals surface area contributed by atoms with Gasteiger partial charge in [0.25, 0.3) is 0 Å². The van der Waals surface area contributed by atoms with E-state index in [4.69, 9.17) is 4.74 Å². The van der Waals surface area contributed by atoms with Crippen LogP contribution in [0.1, 0.15) is 26.7 Å². The molecule has 41 heavy (non-hydrogen) atoms. The first-order chi connectivity index (χ1) is 19.9. The van der Waals surface area contributed by atoms with Gasteiger partial charge >= 0.3 is 0 Å². The van der Waals surface area contributed by atoms with E-state index in [1.54, 1.807) is 42.3 Å². The molecule has 0 radical (unpaired) electrons. The van der Waals surface area contributed by atoms with Crippen molar-refractivity contribution in [1.29, 1.82) is 0 Å².